The third-order valence-electron chi connectivity index (χ3n) is 3.30. The van der Waals surface area contributed by atoms with Crippen LogP contribution in [-0.2, 0) is 25.5 Å². The number of benzene rings is 2. The maximum absolute atomic E-state index is 11.7. The second-order valence-electron chi connectivity index (χ2n) is 5.34. The Labute approximate surface area is 150 Å². The van der Waals surface area contributed by atoms with Crippen molar-refractivity contribution in [1.82, 2.24) is 5.32 Å². The second-order valence-corrected chi connectivity index (χ2v) is 5.34. The van der Waals surface area contributed by atoms with Crippen LogP contribution >= 0.6 is 0 Å². The van der Waals surface area contributed by atoms with Crippen molar-refractivity contribution in [3.63, 3.8) is 0 Å². The van der Waals surface area contributed by atoms with E-state index in [0.29, 0.717) is 11.3 Å². The molecule has 0 aliphatic rings. The summed E-state index contributed by atoms with van der Waals surface area (Å²) >= 11 is 0. The third-order valence-corrected chi connectivity index (χ3v) is 3.30. The van der Waals surface area contributed by atoms with Gasteiger partial charge in [-0.15, -0.1) is 0 Å². The SMILES string of the molecule is N#Cc1ccc(NC(=O)COC(=O)CNC(=O)Cc2ccccc2)cc1. The van der Waals surface area contributed by atoms with Gasteiger partial charge in [0, 0.05) is 5.69 Å². The van der Waals surface area contributed by atoms with Crippen molar-refractivity contribution in [3.8, 4) is 6.07 Å². The molecule has 0 saturated carbocycles. The molecule has 0 saturated heterocycles. The summed E-state index contributed by atoms with van der Waals surface area (Å²) in [5.74, 6) is -1.53. The summed E-state index contributed by atoms with van der Waals surface area (Å²) in [6.45, 7) is -0.775. The van der Waals surface area contributed by atoms with Gasteiger partial charge < -0.3 is 15.4 Å². The molecule has 0 aromatic heterocycles. The lowest BCUT2D eigenvalue weighted by Crippen LogP contribution is -2.33. The summed E-state index contributed by atoms with van der Waals surface area (Å²) in [6.07, 6.45) is 0.160. The number of anilines is 1. The molecule has 0 atom stereocenters. The van der Waals surface area contributed by atoms with Crippen LogP contribution in [0.5, 0.6) is 0 Å². The van der Waals surface area contributed by atoms with E-state index in [9.17, 15) is 14.4 Å². The van der Waals surface area contributed by atoms with Gasteiger partial charge in [0.2, 0.25) is 5.91 Å². The van der Waals surface area contributed by atoms with Crippen LogP contribution in [0.4, 0.5) is 5.69 Å². The van der Waals surface area contributed by atoms with Crippen LogP contribution in [0.1, 0.15) is 11.1 Å². The maximum Gasteiger partial charge on any atom is 0.325 e. The zero-order valence-corrected chi connectivity index (χ0v) is 13.9. The van der Waals surface area contributed by atoms with E-state index >= 15 is 0 Å². The van der Waals surface area contributed by atoms with Gasteiger partial charge in [0.25, 0.3) is 5.91 Å². The number of esters is 1. The van der Waals surface area contributed by atoms with Gasteiger partial charge in [-0.1, -0.05) is 30.3 Å². The summed E-state index contributed by atoms with van der Waals surface area (Å²) in [4.78, 5) is 35.0. The molecule has 0 fully saturated rings. The minimum Gasteiger partial charge on any atom is -0.454 e. The minimum absolute atomic E-state index is 0.160. The Morgan fingerprint density at radius 2 is 1.65 bits per heavy atom. The van der Waals surface area contributed by atoms with E-state index in [1.54, 1.807) is 24.3 Å². The summed E-state index contributed by atoms with van der Waals surface area (Å²) in [7, 11) is 0. The molecular formula is C19H17N3O4. The lowest BCUT2D eigenvalue weighted by molar-refractivity contribution is -0.147. The van der Waals surface area contributed by atoms with E-state index in [4.69, 9.17) is 10.00 Å². The van der Waals surface area contributed by atoms with Crippen LogP contribution < -0.4 is 10.6 Å². The molecular weight excluding hydrogens is 334 g/mol. The number of ether oxygens (including phenoxy) is 1. The van der Waals surface area contributed by atoms with Gasteiger partial charge in [0.1, 0.15) is 6.54 Å². The Morgan fingerprint density at radius 3 is 2.31 bits per heavy atom. The molecule has 2 N–H and O–H groups in total. The monoisotopic (exact) mass is 351 g/mol. The molecule has 2 rings (SSSR count). The summed E-state index contributed by atoms with van der Waals surface area (Å²) in [6, 6.07) is 17.3. The number of hydrogen-bond donors (Lipinski definition) is 2. The molecule has 26 heavy (non-hydrogen) atoms. The van der Waals surface area contributed by atoms with E-state index in [-0.39, 0.29) is 18.9 Å². The Balaban J connectivity index is 1.66. The van der Waals surface area contributed by atoms with Gasteiger partial charge in [-0.2, -0.15) is 5.26 Å². The number of carbonyl (C=O) groups excluding carboxylic acids is 3. The van der Waals surface area contributed by atoms with E-state index < -0.39 is 18.5 Å². The average molecular weight is 351 g/mol. The molecule has 2 aromatic carbocycles. The summed E-state index contributed by atoms with van der Waals surface area (Å²) < 4.78 is 4.80. The highest BCUT2D eigenvalue weighted by Gasteiger charge is 2.10. The van der Waals surface area contributed by atoms with Crippen LogP contribution in [0.25, 0.3) is 0 Å². The van der Waals surface area contributed by atoms with Crippen molar-refractivity contribution >= 4 is 23.5 Å². The first-order valence-corrected chi connectivity index (χ1v) is 7.83. The number of nitriles is 1. The highest BCUT2D eigenvalue weighted by molar-refractivity contribution is 5.93. The van der Waals surface area contributed by atoms with Gasteiger partial charge in [0.15, 0.2) is 6.61 Å². The standard InChI is InChI=1S/C19H17N3O4/c20-11-15-6-8-16(9-7-15)22-18(24)13-26-19(25)12-21-17(23)10-14-4-2-1-3-5-14/h1-9H,10,12-13H2,(H,21,23)(H,22,24). The highest BCUT2D eigenvalue weighted by Crippen LogP contribution is 2.08. The first kappa shape index (κ1) is 18.7. The smallest absolute Gasteiger partial charge is 0.325 e. The van der Waals surface area contributed by atoms with Crippen molar-refractivity contribution in [2.75, 3.05) is 18.5 Å². The molecule has 132 valence electrons. The Kier molecular flexibility index (Phi) is 6.89. The molecule has 0 bridgehead atoms. The molecule has 2 aromatic rings. The van der Waals surface area contributed by atoms with Crippen LogP contribution in [0.3, 0.4) is 0 Å². The molecule has 2 amide bonds. The van der Waals surface area contributed by atoms with Crippen molar-refractivity contribution in [2.24, 2.45) is 0 Å². The van der Waals surface area contributed by atoms with E-state index in [1.165, 1.54) is 0 Å². The van der Waals surface area contributed by atoms with Crippen molar-refractivity contribution < 1.29 is 19.1 Å². The lowest BCUT2D eigenvalue weighted by Gasteiger charge is -2.08. The topological polar surface area (TPSA) is 108 Å². The van der Waals surface area contributed by atoms with E-state index in [1.807, 2.05) is 36.4 Å². The van der Waals surface area contributed by atoms with Crippen molar-refractivity contribution in [3.05, 3.63) is 65.7 Å². The minimum atomic E-state index is -0.707. The lowest BCUT2D eigenvalue weighted by atomic mass is 10.1. The average Bonchev–Trinajstić information content (AvgIpc) is 2.66. The van der Waals surface area contributed by atoms with Crippen molar-refractivity contribution in [1.29, 1.82) is 5.26 Å². The van der Waals surface area contributed by atoms with Crippen LogP contribution in [-0.4, -0.2) is 30.9 Å². The number of hydrogen-bond acceptors (Lipinski definition) is 5. The quantitative estimate of drug-likeness (QED) is 0.733. The normalized spacial score (nSPS) is 9.65. The fourth-order valence-corrected chi connectivity index (χ4v) is 2.04. The molecule has 0 heterocycles. The van der Waals surface area contributed by atoms with E-state index in [2.05, 4.69) is 10.6 Å². The van der Waals surface area contributed by atoms with E-state index in [0.717, 1.165) is 5.56 Å². The number of carbonyl (C=O) groups is 3. The summed E-state index contributed by atoms with van der Waals surface area (Å²) in [5, 5.41) is 13.7. The number of rotatable bonds is 7. The maximum atomic E-state index is 11.7. The van der Waals surface area contributed by atoms with Gasteiger partial charge in [0.05, 0.1) is 18.1 Å². The molecule has 0 radical (unpaired) electrons. The molecule has 0 unspecified atom stereocenters. The molecule has 0 aliphatic heterocycles. The number of nitrogens with zero attached hydrogens (tertiary/aromatic N) is 1. The molecule has 0 aliphatic carbocycles. The zero-order valence-electron chi connectivity index (χ0n) is 13.9. The van der Waals surface area contributed by atoms with Crippen molar-refractivity contribution in [2.45, 2.75) is 6.42 Å². The Hall–Kier alpha value is -3.66. The van der Waals surface area contributed by atoms with Gasteiger partial charge in [-0.25, -0.2) is 0 Å². The zero-order chi connectivity index (χ0) is 18.8. The second kappa shape index (κ2) is 9.59. The fraction of sp³-hybridized carbons (Fsp3) is 0.158. The summed E-state index contributed by atoms with van der Waals surface area (Å²) in [5.41, 5.74) is 1.79. The Morgan fingerprint density at radius 1 is 0.962 bits per heavy atom. The highest BCUT2D eigenvalue weighted by atomic mass is 16.5. The molecule has 0 spiro atoms. The van der Waals surface area contributed by atoms with Crippen LogP contribution in [0.15, 0.2) is 54.6 Å². The fourth-order valence-electron chi connectivity index (χ4n) is 2.04. The Bertz CT molecular complexity index is 811. The largest absolute Gasteiger partial charge is 0.454 e. The van der Waals surface area contributed by atoms with Gasteiger partial charge >= 0.3 is 5.97 Å². The predicted octanol–water partition coefficient (Wildman–Crippen LogP) is 1.40. The first-order valence-electron chi connectivity index (χ1n) is 7.83. The number of amides is 2. The van der Waals surface area contributed by atoms with Crippen LogP contribution in [0, 0.1) is 11.3 Å². The van der Waals surface area contributed by atoms with Crippen LogP contribution in [0.2, 0.25) is 0 Å². The predicted molar refractivity (Wildman–Crippen MR) is 93.9 cm³/mol. The third kappa shape index (κ3) is 6.45. The van der Waals surface area contributed by atoms with Gasteiger partial charge in [-0.05, 0) is 29.8 Å². The first-order chi connectivity index (χ1) is 12.6. The number of nitrogens with one attached hydrogen (secondary N) is 2. The van der Waals surface area contributed by atoms with Gasteiger partial charge in [-0.3, -0.25) is 14.4 Å². The molecule has 7 heteroatoms. The molecule has 7 nitrogen and oxygen atoms in total.